The maximum Gasteiger partial charge on any atom is 0.216 e. The third-order valence-corrected chi connectivity index (χ3v) is 3.88. The van der Waals surface area contributed by atoms with Gasteiger partial charge in [0.05, 0.1) is 0 Å². The molecule has 3 heteroatoms. The van der Waals surface area contributed by atoms with Crippen LogP contribution in [0.15, 0.2) is 30.3 Å². The number of carbonyl (C=O) groups is 1. The number of benzene rings is 1. The van der Waals surface area contributed by atoms with Crippen molar-refractivity contribution < 1.29 is 4.79 Å². The quantitative estimate of drug-likeness (QED) is 0.879. The lowest BCUT2D eigenvalue weighted by Gasteiger charge is -2.32. The molecule has 1 amide bonds. The molecule has 2 rings (SSSR count). The lowest BCUT2D eigenvalue weighted by atomic mass is 9.90. The van der Waals surface area contributed by atoms with Crippen molar-refractivity contribution in [2.24, 2.45) is 5.92 Å². The normalized spacial score (nSPS) is 17.3. The zero-order chi connectivity index (χ0) is 13.5. The third-order valence-electron chi connectivity index (χ3n) is 3.88. The molecule has 3 nitrogen and oxygen atoms in total. The summed E-state index contributed by atoms with van der Waals surface area (Å²) in [6.07, 6.45) is 3.75. The van der Waals surface area contributed by atoms with Crippen LogP contribution in [0.25, 0.3) is 0 Å². The summed E-state index contributed by atoms with van der Waals surface area (Å²) in [5, 5.41) is 2.86. The Morgan fingerprint density at radius 1 is 1.26 bits per heavy atom. The minimum absolute atomic E-state index is 0.0685. The number of likely N-dealkylation sites (tertiary alicyclic amines) is 1. The van der Waals surface area contributed by atoms with E-state index in [2.05, 4.69) is 40.5 Å². The van der Waals surface area contributed by atoms with Crippen molar-refractivity contribution in [3.8, 4) is 0 Å². The van der Waals surface area contributed by atoms with Crippen molar-refractivity contribution >= 4 is 5.91 Å². The highest BCUT2D eigenvalue weighted by Crippen LogP contribution is 2.21. The van der Waals surface area contributed by atoms with Gasteiger partial charge in [-0.3, -0.25) is 4.79 Å². The summed E-state index contributed by atoms with van der Waals surface area (Å²) >= 11 is 0. The molecule has 1 fully saturated rings. The van der Waals surface area contributed by atoms with Gasteiger partial charge in [0.2, 0.25) is 5.91 Å². The molecule has 0 radical (unpaired) electrons. The molecule has 0 aliphatic carbocycles. The average Bonchev–Trinajstić information content (AvgIpc) is 2.42. The fourth-order valence-electron chi connectivity index (χ4n) is 2.75. The van der Waals surface area contributed by atoms with Crippen LogP contribution in [0.4, 0.5) is 0 Å². The van der Waals surface area contributed by atoms with E-state index in [1.165, 1.54) is 24.8 Å². The van der Waals surface area contributed by atoms with Crippen LogP contribution in [0.1, 0.15) is 25.3 Å². The molecular formula is C16H24N2O. The second kappa shape index (κ2) is 7.29. The molecule has 0 bridgehead atoms. The summed E-state index contributed by atoms with van der Waals surface area (Å²) in [4.78, 5) is 13.3. The third kappa shape index (κ3) is 5.03. The molecule has 0 saturated carbocycles. The predicted octanol–water partition coefficient (Wildman–Crippen LogP) is 2.08. The molecule has 0 atom stereocenters. The zero-order valence-corrected chi connectivity index (χ0v) is 11.8. The second-order valence-electron chi connectivity index (χ2n) is 5.46. The van der Waals surface area contributed by atoms with E-state index >= 15 is 0 Å². The van der Waals surface area contributed by atoms with Crippen molar-refractivity contribution in [2.45, 2.75) is 26.2 Å². The lowest BCUT2D eigenvalue weighted by molar-refractivity contribution is -0.119. The first kappa shape index (κ1) is 14.1. The van der Waals surface area contributed by atoms with Crippen LogP contribution in [0.5, 0.6) is 0 Å². The minimum Gasteiger partial charge on any atom is -0.355 e. The Kier molecular flexibility index (Phi) is 5.40. The van der Waals surface area contributed by atoms with Crippen molar-refractivity contribution in [3.63, 3.8) is 0 Å². The molecule has 1 saturated heterocycles. The van der Waals surface area contributed by atoms with E-state index in [9.17, 15) is 4.79 Å². The number of hydrogen-bond donors (Lipinski definition) is 1. The number of amides is 1. The molecule has 1 aromatic rings. The van der Waals surface area contributed by atoms with Gasteiger partial charge in [-0.25, -0.2) is 0 Å². The highest BCUT2D eigenvalue weighted by Gasteiger charge is 2.18. The van der Waals surface area contributed by atoms with E-state index < -0.39 is 0 Å². The van der Waals surface area contributed by atoms with Crippen LogP contribution in [-0.4, -0.2) is 37.0 Å². The highest BCUT2D eigenvalue weighted by molar-refractivity contribution is 5.72. The maximum atomic E-state index is 10.8. The number of hydrogen-bond acceptors (Lipinski definition) is 2. The smallest absolute Gasteiger partial charge is 0.216 e. The van der Waals surface area contributed by atoms with Gasteiger partial charge >= 0.3 is 0 Å². The van der Waals surface area contributed by atoms with Gasteiger partial charge in [0.25, 0.3) is 0 Å². The SMILES string of the molecule is CC(=O)NCCN1CCC(Cc2ccccc2)CC1. The summed E-state index contributed by atoms with van der Waals surface area (Å²) in [6.45, 7) is 5.66. The fourth-order valence-corrected chi connectivity index (χ4v) is 2.75. The number of rotatable bonds is 5. The topological polar surface area (TPSA) is 32.3 Å². The van der Waals surface area contributed by atoms with Gasteiger partial charge in [0.15, 0.2) is 0 Å². The van der Waals surface area contributed by atoms with E-state index in [0.717, 1.165) is 32.1 Å². The predicted molar refractivity (Wildman–Crippen MR) is 78.0 cm³/mol. The van der Waals surface area contributed by atoms with Gasteiger partial charge in [-0.15, -0.1) is 0 Å². The molecule has 1 aliphatic heterocycles. The fraction of sp³-hybridized carbons (Fsp3) is 0.562. The molecule has 1 N–H and O–H groups in total. The molecule has 1 heterocycles. The lowest BCUT2D eigenvalue weighted by Crippen LogP contribution is -2.39. The summed E-state index contributed by atoms with van der Waals surface area (Å²) in [7, 11) is 0. The first-order valence-corrected chi connectivity index (χ1v) is 7.25. The Hall–Kier alpha value is -1.35. The Labute approximate surface area is 116 Å². The Balaban J connectivity index is 1.66. The van der Waals surface area contributed by atoms with Gasteiger partial charge < -0.3 is 10.2 Å². The maximum absolute atomic E-state index is 10.8. The first-order chi connectivity index (χ1) is 9.24. The highest BCUT2D eigenvalue weighted by atomic mass is 16.1. The van der Waals surface area contributed by atoms with Crippen LogP contribution >= 0.6 is 0 Å². The molecule has 1 aromatic carbocycles. The molecule has 104 valence electrons. The number of nitrogens with one attached hydrogen (secondary N) is 1. The summed E-state index contributed by atoms with van der Waals surface area (Å²) in [5.74, 6) is 0.887. The van der Waals surface area contributed by atoms with Crippen molar-refractivity contribution in [1.82, 2.24) is 10.2 Å². The van der Waals surface area contributed by atoms with E-state index in [0.29, 0.717) is 0 Å². The van der Waals surface area contributed by atoms with Crippen LogP contribution in [0, 0.1) is 5.92 Å². The second-order valence-corrected chi connectivity index (χ2v) is 5.46. The Bertz CT molecular complexity index is 383. The van der Waals surface area contributed by atoms with E-state index in [-0.39, 0.29) is 5.91 Å². The van der Waals surface area contributed by atoms with E-state index in [1.54, 1.807) is 6.92 Å². The van der Waals surface area contributed by atoms with Gasteiger partial charge in [-0.05, 0) is 43.8 Å². The van der Waals surface area contributed by atoms with E-state index in [1.807, 2.05) is 0 Å². The summed E-state index contributed by atoms with van der Waals surface area (Å²) in [5.41, 5.74) is 1.46. The van der Waals surface area contributed by atoms with Crippen LogP contribution in [-0.2, 0) is 11.2 Å². The molecule has 0 aromatic heterocycles. The van der Waals surface area contributed by atoms with Gasteiger partial charge in [0.1, 0.15) is 0 Å². The van der Waals surface area contributed by atoms with Crippen molar-refractivity contribution in [3.05, 3.63) is 35.9 Å². The number of piperidine rings is 1. The molecule has 1 aliphatic rings. The summed E-state index contributed by atoms with van der Waals surface area (Å²) in [6, 6.07) is 10.8. The first-order valence-electron chi connectivity index (χ1n) is 7.25. The molecule has 19 heavy (non-hydrogen) atoms. The van der Waals surface area contributed by atoms with Gasteiger partial charge in [-0.2, -0.15) is 0 Å². The molecular weight excluding hydrogens is 236 g/mol. The van der Waals surface area contributed by atoms with Crippen LogP contribution < -0.4 is 5.32 Å². The van der Waals surface area contributed by atoms with Gasteiger partial charge in [0, 0.05) is 20.0 Å². The van der Waals surface area contributed by atoms with Gasteiger partial charge in [-0.1, -0.05) is 30.3 Å². The minimum atomic E-state index is 0.0685. The van der Waals surface area contributed by atoms with Crippen molar-refractivity contribution in [2.75, 3.05) is 26.2 Å². The number of nitrogens with zero attached hydrogens (tertiary/aromatic N) is 1. The van der Waals surface area contributed by atoms with Crippen molar-refractivity contribution in [1.29, 1.82) is 0 Å². The number of carbonyl (C=O) groups excluding carboxylic acids is 1. The largest absolute Gasteiger partial charge is 0.355 e. The Morgan fingerprint density at radius 3 is 2.58 bits per heavy atom. The van der Waals surface area contributed by atoms with Crippen LogP contribution in [0.3, 0.4) is 0 Å². The molecule has 0 unspecified atom stereocenters. The molecule has 0 spiro atoms. The van der Waals surface area contributed by atoms with Crippen LogP contribution in [0.2, 0.25) is 0 Å². The zero-order valence-electron chi connectivity index (χ0n) is 11.8. The summed E-state index contributed by atoms with van der Waals surface area (Å²) < 4.78 is 0. The monoisotopic (exact) mass is 260 g/mol. The van der Waals surface area contributed by atoms with E-state index in [4.69, 9.17) is 0 Å². The average molecular weight is 260 g/mol. The Morgan fingerprint density at radius 2 is 1.95 bits per heavy atom. The standard InChI is InChI=1S/C16H24N2O/c1-14(19)17-9-12-18-10-7-16(8-11-18)13-15-5-3-2-4-6-15/h2-6,16H,7-13H2,1H3,(H,17,19).